The first-order chi connectivity index (χ1) is 9.25. The first kappa shape index (κ1) is 15.9. The van der Waals surface area contributed by atoms with Crippen LogP contribution in [0.25, 0.3) is 0 Å². The summed E-state index contributed by atoms with van der Waals surface area (Å²) >= 11 is 0. The summed E-state index contributed by atoms with van der Waals surface area (Å²) in [7, 11) is 0. The molecular weight excluding hydrogens is 279 g/mol. The average Bonchev–Trinajstić information content (AvgIpc) is 2.35. The SMILES string of the molecule is CCOC(=O)C(C[N+](=O)[O-])c1cccc(C(F)(F)F)c1. The molecule has 20 heavy (non-hydrogen) atoms. The summed E-state index contributed by atoms with van der Waals surface area (Å²) in [6, 6.07) is 3.90. The fourth-order valence-electron chi connectivity index (χ4n) is 1.64. The number of esters is 1. The highest BCUT2D eigenvalue weighted by atomic mass is 19.4. The summed E-state index contributed by atoms with van der Waals surface area (Å²) in [5, 5.41) is 10.5. The Morgan fingerprint density at radius 3 is 2.60 bits per heavy atom. The largest absolute Gasteiger partial charge is 0.465 e. The third-order valence-electron chi connectivity index (χ3n) is 2.52. The molecule has 0 aliphatic heterocycles. The Morgan fingerprint density at radius 2 is 2.10 bits per heavy atom. The summed E-state index contributed by atoms with van der Waals surface area (Å²) in [6.45, 7) is 0.680. The van der Waals surface area contributed by atoms with Crippen LogP contribution in [0.15, 0.2) is 24.3 Å². The molecule has 1 aromatic rings. The molecular formula is C12H12F3NO4. The average molecular weight is 291 g/mol. The van der Waals surface area contributed by atoms with E-state index in [4.69, 9.17) is 0 Å². The normalized spacial score (nSPS) is 12.8. The van der Waals surface area contributed by atoms with Crippen LogP contribution in [0.1, 0.15) is 24.0 Å². The van der Waals surface area contributed by atoms with Crippen molar-refractivity contribution in [2.75, 3.05) is 13.2 Å². The number of rotatable bonds is 5. The standard InChI is InChI=1S/C12H12F3NO4/c1-2-20-11(17)10(7-16(18)19)8-4-3-5-9(6-8)12(13,14)15/h3-6,10H,2,7H2,1H3. The molecule has 0 fully saturated rings. The molecule has 0 saturated carbocycles. The number of hydrogen-bond donors (Lipinski definition) is 0. The van der Waals surface area contributed by atoms with E-state index in [9.17, 15) is 28.1 Å². The predicted molar refractivity (Wildman–Crippen MR) is 62.7 cm³/mol. The number of carbonyl (C=O) groups excluding carboxylic acids is 1. The minimum absolute atomic E-state index is 0.00793. The summed E-state index contributed by atoms with van der Waals surface area (Å²) in [6.07, 6.45) is -4.58. The van der Waals surface area contributed by atoms with E-state index in [2.05, 4.69) is 4.74 Å². The van der Waals surface area contributed by atoms with E-state index in [1.807, 2.05) is 0 Å². The van der Waals surface area contributed by atoms with Gasteiger partial charge in [-0.25, -0.2) is 0 Å². The molecule has 0 spiro atoms. The van der Waals surface area contributed by atoms with Crippen LogP contribution in [-0.4, -0.2) is 24.0 Å². The molecule has 1 rings (SSSR count). The molecule has 8 heteroatoms. The molecule has 0 aliphatic carbocycles. The van der Waals surface area contributed by atoms with Crippen LogP contribution < -0.4 is 0 Å². The molecule has 0 N–H and O–H groups in total. The number of alkyl halides is 3. The highest BCUT2D eigenvalue weighted by molar-refractivity contribution is 5.78. The Balaban J connectivity index is 3.13. The van der Waals surface area contributed by atoms with Gasteiger partial charge < -0.3 is 4.74 Å². The molecule has 0 radical (unpaired) electrons. The lowest BCUT2D eigenvalue weighted by Crippen LogP contribution is -2.24. The summed E-state index contributed by atoms with van der Waals surface area (Å²) in [5.74, 6) is -2.27. The smallest absolute Gasteiger partial charge is 0.416 e. The minimum atomic E-state index is -4.58. The van der Waals surface area contributed by atoms with Crippen molar-refractivity contribution in [2.24, 2.45) is 0 Å². The zero-order valence-electron chi connectivity index (χ0n) is 10.5. The van der Waals surface area contributed by atoms with E-state index in [1.54, 1.807) is 0 Å². The first-order valence-electron chi connectivity index (χ1n) is 5.71. The monoisotopic (exact) mass is 291 g/mol. The molecule has 0 saturated heterocycles. The number of nitrogens with zero attached hydrogens (tertiary/aromatic N) is 1. The van der Waals surface area contributed by atoms with Gasteiger partial charge in [-0.1, -0.05) is 18.2 Å². The Bertz CT molecular complexity index is 502. The van der Waals surface area contributed by atoms with Crippen molar-refractivity contribution in [1.29, 1.82) is 0 Å². The highest BCUT2D eigenvalue weighted by Crippen LogP contribution is 2.31. The predicted octanol–water partition coefficient (Wildman–Crippen LogP) is 2.63. The topological polar surface area (TPSA) is 69.4 Å². The van der Waals surface area contributed by atoms with Gasteiger partial charge in [0.2, 0.25) is 6.54 Å². The number of ether oxygens (including phenoxy) is 1. The van der Waals surface area contributed by atoms with Gasteiger partial charge in [-0.05, 0) is 18.6 Å². The van der Waals surface area contributed by atoms with E-state index in [0.717, 1.165) is 18.2 Å². The number of hydrogen-bond acceptors (Lipinski definition) is 4. The van der Waals surface area contributed by atoms with Crippen LogP contribution >= 0.6 is 0 Å². The van der Waals surface area contributed by atoms with Gasteiger partial charge >= 0.3 is 12.1 Å². The fraction of sp³-hybridized carbons (Fsp3) is 0.417. The van der Waals surface area contributed by atoms with Crippen molar-refractivity contribution in [3.8, 4) is 0 Å². The maximum Gasteiger partial charge on any atom is 0.416 e. The Labute approximate surface area is 112 Å². The Morgan fingerprint density at radius 1 is 1.45 bits per heavy atom. The van der Waals surface area contributed by atoms with Crippen molar-refractivity contribution in [1.82, 2.24) is 0 Å². The molecule has 0 aliphatic rings. The molecule has 0 amide bonds. The minimum Gasteiger partial charge on any atom is -0.465 e. The van der Waals surface area contributed by atoms with Gasteiger partial charge in [0.1, 0.15) is 5.92 Å². The lowest BCUT2D eigenvalue weighted by atomic mass is 9.97. The molecule has 5 nitrogen and oxygen atoms in total. The zero-order chi connectivity index (χ0) is 15.3. The number of halogens is 3. The second kappa shape index (κ2) is 6.36. The quantitative estimate of drug-likeness (QED) is 0.475. The van der Waals surface area contributed by atoms with E-state index >= 15 is 0 Å². The van der Waals surface area contributed by atoms with Crippen molar-refractivity contribution < 1.29 is 27.6 Å². The van der Waals surface area contributed by atoms with Crippen molar-refractivity contribution >= 4 is 5.97 Å². The fourth-order valence-corrected chi connectivity index (χ4v) is 1.64. The van der Waals surface area contributed by atoms with E-state index < -0.39 is 35.1 Å². The van der Waals surface area contributed by atoms with E-state index in [-0.39, 0.29) is 12.2 Å². The van der Waals surface area contributed by atoms with Gasteiger partial charge in [-0.15, -0.1) is 0 Å². The van der Waals surface area contributed by atoms with Gasteiger partial charge in [0.25, 0.3) is 0 Å². The highest BCUT2D eigenvalue weighted by Gasteiger charge is 2.33. The maximum absolute atomic E-state index is 12.6. The van der Waals surface area contributed by atoms with Gasteiger partial charge in [0, 0.05) is 4.92 Å². The van der Waals surface area contributed by atoms with E-state index in [0.29, 0.717) is 0 Å². The summed E-state index contributed by atoms with van der Waals surface area (Å²) in [4.78, 5) is 21.4. The third kappa shape index (κ3) is 4.22. The van der Waals surface area contributed by atoms with Crippen LogP contribution in [0, 0.1) is 10.1 Å². The zero-order valence-corrected chi connectivity index (χ0v) is 10.5. The Kier molecular flexibility index (Phi) is 5.06. The van der Waals surface area contributed by atoms with Gasteiger partial charge in [-0.2, -0.15) is 13.2 Å². The van der Waals surface area contributed by atoms with Crippen LogP contribution in [-0.2, 0) is 15.7 Å². The van der Waals surface area contributed by atoms with Crippen LogP contribution in [0.3, 0.4) is 0 Å². The molecule has 0 bridgehead atoms. The van der Waals surface area contributed by atoms with Crippen LogP contribution in [0.2, 0.25) is 0 Å². The van der Waals surface area contributed by atoms with Crippen molar-refractivity contribution in [3.63, 3.8) is 0 Å². The second-order valence-corrected chi connectivity index (χ2v) is 3.94. The molecule has 0 aromatic heterocycles. The van der Waals surface area contributed by atoms with Crippen LogP contribution in [0.4, 0.5) is 13.2 Å². The number of benzene rings is 1. The van der Waals surface area contributed by atoms with Crippen molar-refractivity contribution in [3.05, 3.63) is 45.5 Å². The molecule has 0 heterocycles. The second-order valence-electron chi connectivity index (χ2n) is 3.94. The van der Waals surface area contributed by atoms with Crippen molar-refractivity contribution in [2.45, 2.75) is 19.0 Å². The molecule has 1 unspecified atom stereocenters. The van der Waals surface area contributed by atoms with E-state index in [1.165, 1.54) is 13.0 Å². The van der Waals surface area contributed by atoms with Gasteiger partial charge in [-0.3, -0.25) is 14.9 Å². The lowest BCUT2D eigenvalue weighted by molar-refractivity contribution is -0.481. The van der Waals surface area contributed by atoms with Crippen LogP contribution in [0.5, 0.6) is 0 Å². The molecule has 1 aromatic carbocycles. The maximum atomic E-state index is 12.6. The third-order valence-corrected chi connectivity index (χ3v) is 2.52. The lowest BCUT2D eigenvalue weighted by Gasteiger charge is -2.14. The Hall–Kier alpha value is -2.12. The van der Waals surface area contributed by atoms with Gasteiger partial charge in [0.15, 0.2) is 0 Å². The molecule has 110 valence electrons. The summed E-state index contributed by atoms with van der Waals surface area (Å²) in [5.41, 5.74) is -1.05. The number of nitro groups is 1. The van der Waals surface area contributed by atoms with Gasteiger partial charge in [0.05, 0.1) is 12.2 Å². The number of carbonyl (C=O) groups is 1. The first-order valence-corrected chi connectivity index (χ1v) is 5.71. The molecule has 1 atom stereocenters. The summed E-state index contributed by atoms with van der Waals surface area (Å²) < 4.78 is 42.4.